The Morgan fingerprint density at radius 2 is 0.848 bits per heavy atom. The van der Waals surface area contributed by atoms with Crippen LogP contribution in [0.3, 0.4) is 0 Å². The van der Waals surface area contributed by atoms with E-state index >= 15 is 0 Å². The predicted octanol–water partition coefficient (Wildman–Crippen LogP) is 8.74. The molecular weight excluding hydrogens is 568 g/mol. The molecule has 1 N–H and O–H groups in total. The molecule has 0 spiro atoms. The van der Waals surface area contributed by atoms with Crippen molar-refractivity contribution >= 4 is 12.4 Å². The van der Waals surface area contributed by atoms with Gasteiger partial charge in [0, 0.05) is 0 Å². The summed E-state index contributed by atoms with van der Waals surface area (Å²) in [6.07, 6.45) is 5.23. The number of rotatable bonds is 12. The predicted molar refractivity (Wildman–Crippen MR) is 186 cm³/mol. The van der Waals surface area contributed by atoms with Crippen LogP contribution < -0.4 is 0 Å². The highest BCUT2D eigenvalue weighted by Gasteiger charge is 2.05. The fourth-order valence-electron chi connectivity index (χ4n) is 4.66. The van der Waals surface area contributed by atoms with Gasteiger partial charge in [-0.1, -0.05) is 121 Å². The average molecular weight is 607 g/mol. The Hall–Kier alpha value is -5.88. The number of phenols is 1. The van der Waals surface area contributed by atoms with Crippen LogP contribution in [0.1, 0.15) is 33.6 Å². The highest BCUT2D eigenvalue weighted by molar-refractivity contribution is 5.79. The molecule has 6 rings (SSSR count). The molecule has 1 heterocycles. The van der Waals surface area contributed by atoms with Crippen LogP contribution in [0.2, 0.25) is 0 Å². The monoisotopic (exact) mass is 606 g/mol. The Labute approximate surface area is 271 Å². The Kier molecular flexibility index (Phi) is 11.9. The number of furan rings is 1. The first-order valence-corrected chi connectivity index (χ1v) is 15.3. The number of hydrazone groups is 2. The molecule has 0 radical (unpaired) electrons. The molecule has 0 saturated heterocycles. The van der Waals surface area contributed by atoms with Crippen LogP contribution in [0.4, 0.5) is 0 Å². The number of nitrogens with zero attached hydrogens (tertiary/aromatic N) is 4. The van der Waals surface area contributed by atoms with Gasteiger partial charge >= 0.3 is 0 Å². The molecule has 230 valence electrons. The minimum atomic E-state index is 0.262. The zero-order valence-corrected chi connectivity index (χ0v) is 25.7. The fourth-order valence-corrected chi connectivity index (χ4v) is 4.66. The van der Waals surface area contributed by atoms with Gasteiger partial charge in [-0.3, -0.25) is 10.0 Å². The van der Waals surface area contributed by atoms with Gasteiger partial charge in [-0.25, -0.2) is 0 Å². The number of hydrogen-bond donors (Lipinski definition) is 1. The van der Waals surface area contributed by atoms with E-state index in [0.29, 0.717) is 0 Å². The lowest BCUT2D eigenvalue weighted by molar-refractivity contribution is 0.272. The smallest absolute Gasteiger partial charge is 0.146 e. The Bertz CT molecular complexity index is 1640. The van der Waals surface area contributed by atoms with E-state index in [-0.39, 0.29) is 5.75 Å². The summed E-state index contributed by atoms with van der Waals surface area (Å²) in [7, 11) is 0. The molecule has 6 nitrogen and oxygen atoms in total. The van der Waals surface area contributed by atoms with Crippen LogP contribution >= 0.6 is 0 Å². The van der Waals surface area contributed by atoms with Gasteiger partial charge in [-0.05, 0) is 64.2 Å². The third kappa shape index (κ3) is 11.0. The minimum Gasteiger partial charge on any atom is -0.508 e. The SMILES string of the molecule is C(=NN(Cc1ccccc1)Cc1ccccc1)c1ccco1.Oc1ccc(C=NN(Cc2ccccc2)Cc2ccccc2)cc1. The molecule has 46 heavy (non-hydrogen) atoms. The number of benzene rings is 5. The molecule has 0 aliphatic carbocycles. The molecule has 0 aliphatic heterocycles. The van der Waals surface area contributed by atoms with Gasteiger partial charge in [0.2, 0.25) is 0 Å². The van der Waals surface area contributed by atoms with Gasteiger partial charge in [-0.2, -0.15) is 10.2 Å². The Balaban J connectivity index is 0.000000182. The molecule has 0 aliphatic rings. The van der Waals surface area contributed by atoms with E-state index in [0.717, 1.165) is 37.5 Å². The van der Waals surface area contributed by atoms with Crippen molar-refractivity contribution in [3.05, 3.63) is 198 Å². The topological polar surface area (TPSA) is 64.6 Å². The van der Waals surface area contributed by atoms with E-state index in [1.807, 2.05) is 113 Å². The van der Waals surface area contributed by atoms with E-state index in [1.165, 1.54) is 22.3 Å². The van der Waals surface area contributed by atoms with Crippen molar-refractivity contribution in [2.45, 2.75) is 26.2 Å². The summed E-state index contributed by atoms with van der Waals surface area (Å²) in [4.78, 5) is 0. The van der Waals surface area contributed by atoms with Crippen molar-refractivity contribution in [1.29, 1.82) is 0 Å². The van der Waals surface area contributed by atoms with Crippen molar-refractivity contribution in [3.63, 3.8) is 0 Å². The lowest BCUT2D eigenvalue weighted by atomic mass is 10.2. The molecule has 0 amide bonds. The van der Waals surface area contributed by atoms with Gasteiger partial charge in [0.1, 0.15) is 11.5 Å². The molecular formula is C40H38N4O2. The number of phenolic OH excluding ortho intramolecular Hbond substituents is 1. The van der Waals surface area contributed by atoms with Gasteiger partial charge < -0.3 is 9.52 Å². The lowest BCUT2D eigenvalue weighted by Gasteiger charge is -2.19. The second kappa shape index (κ2) is 17.4. The summed E-state index contributed by atoms with van der Waals surface area (Å²) < 4.78 is 5.31. The zero-order valence-electron chi connectivity index (χ0n) is 25.7. The van der Waals surface area contributed by atoms with Crippen LogP contribution in [0.25, 0.3) is 0 Å². The molecule has 6 heteroatoms. The van der Waals surface area contributed by atoms with E-state index in [2.05, 4.69) is 58.7 Å². The molecule has 1 aromatic heterocycles. The van der Waals surface area contributed by atoms with Gasteiger partial charge in [0.25, 0.3) is 0 Å². The summed E-state index contributed by atoms with van der Waals surface area (Å²) in [6.45, 7) is 2.99. The van der Waals surface area contributed by atoms with Gasteiger partial charge in [0.05, 0.1) is 44.9 Å². The summed E-state index contributed by atoms with van der Waals surface area (Å²) in [5, 5.41) is 22.7. The second-order valence-corrected chi connectivity index (χ2v) is 10.7. The number of aromatic hydroxyl groups is 1. The van der Waals surface area contributed by atoms with Crippen LogP contribution in [-0.4, -0.2) is 27.6 Å². The van der Waals surface area contributed by atoms with Crippen LogP contribution in [0, 0.1) is 0 Å². The highest BCUT2D eigenvalue weighted by atomic mass is 16.3. The maximum Gasteiger partial charge on any atom is 0.146 e. The summed E-state index contributed by atoms with van der Waals surface area (Å²) in [5.41, 5.74) is 5.86. The standard InChI is InChI=1S/C21H20N2O.C19H18N2O/c24-21-13-11-18(12-14-21)15-22-23(16-19-7-3-1-4-8-19)17-20-9-5-2-6-10-20;1-3-8-17(9-4-1)15-21(16-18-10-5-2-6-11-18)20-14-19-12-7-13-22-19/h1-15,24H,16-17H2;1-14H,15-16H2. The van der Waals surface area contributed by atoms with Crippen molar-refractivity contribution in [2.24, 2.45) is 10.2 Å². The summed E-state index contributed by atoms with van der Waals surface area (Å²) in [5.74, 6) is 1.02. The third-order valence-corrected chi connectivity index (χ3v) is 6.99. The summed E-state index contributed by atoms with van der Waals surface area (Å²) >= 11 is 0. The molecule has 0 atom stereocenters. The van der Waals surface area contributed by atoms with Crippen molar-refractivity contribution in [2.75, 3.05) is 0 Å². The first-order valence-electron chi connectivity index (χ1n) is 15.3. The zero-order chi connectivity index (χ0) is 31.7. The molecule has 6 aromatic rings. The minimum absolute atomic E-state index is 0.262. The van der Waals surface area contributed by atoms with Gasteiger partial charge in [-0.15, -0.1) is 0 Å². The molecule has 0 saturated carbocycles. The van der Waals surface area contributed by atoms with Crippen molar-refractivity contribution in [3.8, 4) is 5.75 Å². The first-order chi connectivity index (χ1) is 22.7. The van der Waals surface area contributed by atoms with E-state index in [9.17, 15) is 5.11 Å². The van der Waals surface area contributed by atoms with Gasteiger partial charge in [0.15, 0.2) is 0 Å². The van der Waals surface area contributed by atoms with E-state index in [1.54, 1.807) is 24.6 Å². The lowest BCUT2D eigenvalue weighted by Crippen LogP contribution is -2.17. The second-order valence-electron chi connectivity index (χ2n) is 10.7. The molecule has 0 fully saturated rings. The van der Waals surface area contributed by atoms with Crippen molar-refractivity contribution < 1.29 is 9.52 Å². The van der Waals surface area contributed by atoms with Crippen LogP contribution in [-0.2, 0) is 26.2 Å². The van der Waals surface area contributed by atoms with Crippen molar-refractivity contribution in [1.82, 2.24) is 10.0 Å². The first kappa shape index (κ1) is 31.5. The maximum absolute atomic E-state index is 9.37. The van der Waals surface area contributed by atoms with E-state index in [4.69, 9.17) is 4.42 Å². The summed E-state index contributed by atoms with van der Waals surface area (Å²) in [6, 6.07) is 52.1. The molecule has 0 bridgehead atoms. The molecule has 5 aromatic carbocycles. The largest absolute Gasteiger partial charge is 0.508 e. The average Bonchev–Trinajstić information content (AvgIpc) is 3.63. The number of hydrogen-bond acceptors (Lipinski definition) is 6. The molecule has 0 unspecified atom stereocenters. The third-order valence-electron chi connectivity index (χ3n) is 6.99. The normalized spacial score (nSPS) is 10.9. The van der Waals surface area contributed by atoms with E-state index < -0.39 is 0 Å². The fraction of sp³-hybridized carbons (Fsp3) is 0.100. The van der Waals surface area contributed by atoms with Crippen LogP contribution in [0.15, 0.2) is 179 Å². The van der Waals surface area contributed by atoms with Crippen LogP contribution in [0.5, 0.6) is 5.75 Å². The Morgan fingerprint density at radius 3 is 1.22 bits per heavy atom. The highest BCUT2D eigenvalue weighted by Crippen LogP contribution is 2.13. The maximum atomic E-state index is 9.37. The Morgan fingerprint density at radius 1 is 0.457 bits per heavy atom. The quantitative estimate of drug-likeness (QED) is 0.112.